The van der Waals surface area contributed by atoms with Gasteiger partial charge in [0.25, 0.3) is 0 Å². The predicted molar refractivity (Wildman–Crippen MR) is 79.5 cm³/mol. The molecule has 0 radical (unpaired) electrons. The molecule has 1 aromatic rings. The Labute approximate surface area is 110 Å². The monoisotopic (exact) mass is 252 g/mol. The van der Waals surface area contributed by atoms with E-state index >= 15 is 0 Å². The van der Waals surface area contributed by atoms with Crippen molar-refractivity contribution in [2.75, 3.05) is 24.8 Å². The summed E-state index contributed by atoms with van der Waals surface area (Å²) < 4.78 is 0. The Morgan fingerprint density at radius 1 is 1.35 bits per heavy atom. The Balaban J connectivity index is 2.65. The molecule has 0 amide bonds. The number of anilines is 1. The first-order valence-electron chi connectivity index (χ1n) is 6.12. The Kier molecular flexibility index (Phi) is 5.86. The molecule has 0 aliphatic rings. The molecule has 0 spiro atoms. The summed E-state index contributed by atoms with van der Waals surface area (Å²) in [6.07, 6.45) is 3.39. The molecule has 0 saturated carbocycles. The van der Waals surface area contributed by atoms with E-state index in [4.69, 9.17) is 5.73 Å². The van der Waals surface area contributed by atoms with Gasteiger partial charge >= 0.3 is 0 Å². The smallest absolute Gasteiger partial charge is 0.0320 e. The van der Waals surface area contributed by atoms with Crippen LogP contribution < -0.4 is 5.73 Å². The van der Waals surface area contributed by atoms with E-state index in [2.05, 4.69) is 44.2 Å². The van der Waals surface area contributed by atoms with Gasteiger partial charge in [-0.05, 0) is 57.0 Å². The first kappa shape index (κ1) is 14.4. The van der Waals surface area contributed by atoms with Crippen molar-refractivity contribution in [1.29, 1.82) is 0 Å². The Bertz CT molecular complexity index is 341. The fourth-order valence-electron chi connectivity index (χ4n) is 1.93. The van der Waals surface area contributed by atoms with Gasteiger partial charge in [0.1, 0.15) is 0 Å². The first-order chi connectivity index (χ1) is 8.06. The van der Waals surface area contributed by atoms with Crippen LogP contribution in [0.4, 0.5) is 5.69 Å². The van der Waals surface area contributed by atoms with Crippen LogP contribution in [0.2, 0.25) is 0 Å². The molecule has 17 heavy (non-hydrogen) atoms. The van der Waals surface area contributed by atoms with Gasteiger partial charge in [-0.3, -0.25) is 4.90 Å². The summed E-state index contributed by atoms with van der Waals surface area (Å²) in [5.74, 6) is 1.22. The number of hydrogen-bond donors (Lipinski definition) is 1. The quantitative estimate of drug-likeness (QED) is 0.787. The van der Waals surface area contributed by atoms with Crippen molar-refractivity contribution in [3.8, 4) is 0 Å². The summed E-state index contributed by atoms with van der Waals surface area (Å²) in [5, 5.41) is 0. The number of nitrogens with two attached hydrogens (primary N) is 1. The third-order valence-corrected chi connectivity index (χ3v) is 4.08. The molecule has 0 saturated heterocycles. The molecule has 2 unspecified atom stereocenters. The zero-order valence-corrected chi connectivity index (χ0v) is 12.1. The van der Waals surface area contributed by atoms with Gasteiger partial charge in [0.05, 0.1) is 0 Å². The molecule has 0 aliphatic carbocycles. The molecule has 1 aromatic carbocycles. The molecule has 0 fully saturated rings. The van der Waals surface area contributed by atoms with E-state index < -0.39 is 0 Å². The van der Waals surface area contributed by atoms with Crippen LogP contribution in [0.15, 0.2) is 24.3 Å². The minimum atomic E-state index is 0.412. The van der Waals surface area contributed by atoms with Gasteiger partial charge in [-0.1, -0.05) is 12.1 Å². The zero-order valence-electron chi connectivity index (χ0n) is 11.3. The van der Waals surface area contributed by atoms with Crippen molar-refractivity contribution in [2.24, 2.45) is 0 Å². The Morgan fingerprint density at radius 2 is 2.06 bits per heavy atom. The van der Waals surface area contributed by atoms with Gasteiger partial charge in [0, 0.05) is 17.8 Å². The Morgan fingerprint density at radius 3 is 2.65 bits per heavy atom. The van der Waals surface area contributed by atoms with E-state index in [-0.39, 0.29) is 0 Å². The van der Waals surface area contributed by atoms with E-state index in [0.29, 0.717) is 12.1 Å². The number of hydrogen-bond acceptors (Lipinski definition) is 3. The second kappa shape index (κ2) is 6.92. The summed E-state index contributed by atoms with van der Waals surface area (Å²) in [7, 11) is 2.19. The highest BCUT2D eigenvalue weighted by Crippen LogP contribution is 2.23. The third kappa shape index (κ3) is 4.25. The van der Waals surface area contributed by atoms with E-state index in [1.807, 2.05) is 23.9 Å². The lowest BCUT2D eigenvalue weighted by molar-refractivity contribution is 0.194. The molecular formula is C14H24N2S. The molecule has 0 bridgehead atoms. The number of rotatable bonds is 6. The SMILES string of the molecule is CSCCC(C)N(C)C(C)c1cccc(N)c1. The van der Waals surface area contributed by atoms with Gasteiger partial charge in [-0.2, -0.15) is 11.8 Å². The van der Waals surface area contributed by atoms with Crippen LogP contribution in [0.5, 0.6) is 0 Å². The molecule has 0 heterocycles. The van der Waals surface area contributed by atoms with Crippen molar-refractivity contribution in [3.05, 3.63) is 29.8 Å². The second-order valence-corrected chi connectivity index (χ2v) is 5.63. The maximum Gasteiger partial charge on any atom is 0.0320 e. The fourth-order valence-corrected chi connectivity index (χ4v) is 2.50. The van der Waals surface area contributed by atoms with Crippen LogP contribution in [0.3, 0.4) is 0 Å². The van der Waals surface area contributed by atoms with Crippen LogP contribution in [0.1, 0.15) is 31.9 Å². The van der Waals surface area contributed by atoms with Crippen LogP contribution in [-0.4, -0.2) is 30.0 Å². The average Bonchev–Trinajstić information content (AvgIpc) is 2.34. The fraction of sp³-hybridized carbons (Fsp3) is 0.571. The molecule has 96 valence electrons. The standard InChI is InChI=1S/C14H24N2S/c1-11(8-9-17-4)16(3)12(2)13-6-5-7-14(15)10-13/h5-7,10-12H,8-9,15H2,1-4H3. The minimum Gasteiger partial charge on any atom is -0.399 e. The third-order valence-electron chi connectivity index (χ3n) is 3.44. The molecule has 1 rings (SSSR count). The van der Waals surface area contributed by atoms with Crippen LogP contribution in [0.25, 0.3) is 0 Å². The minimum absolute atomic E-state index is 0.412. The predicted octanol–water partition coefficient (Wildman–Crippen LogP) is 3.40. The van der Waals surface area contributed by atoms with Gasteiger partial charge in [0.2, 0.25) is 0 Å². The summed E-state index contributed by atoms with van der Waals surface area (Å²) in [6.45, 7) is 4.53. The zero-order chi connectivity index (χ0) is 12.8. The number of nitrogen functional groups attached to an aromatic ring is 1. The highest BCUT2D eigenvalue weighted by Gasteiger charge is 2.16. The van der Waals surface area contributed by atoms with Crippen molar-refractivity contribution < 1.29 is 0 Å². The van der Waals surface area contributed by atoms with Crippen molar-refractivity contribution in [2.45, 2.75) is 32.4 Å². The number of thioether (sulfide) groups is 1. The van der Waals surface area contributed by atoms with Gasteiger partial charge in [0.15, 0.2) is 0 Å². The molecule has 0 aliphatic heterocycles. The summed E-state index contributed by atoms with van der Waals surface area (Å²) in [5.41, 5.74) is 7.97. The highest BCUT2D eigenvalue weighted by atomic mass is 32.2. The van der Waals surface area contributed by atoms with Gasteiger partial charge < -0.3 is 5.73 Å². The van der Waals surface area contributed by atoms with E-state index in [1.165, 1.54) is 17.7 Å². The number of benzene rings is 1. The van der Waals surface area contributed by atoms with Crippen molar-refractivity contribution in [3.63, 3.8) is 0 Å². The summed E-state index contributed by atoms with van der Waals surface area (Å²) in [6, 6.07) is 9.20. The normalized spacial score (nSPS) is 14.9. The molecular weight excluding hydrogens is 228 g/mol. The van der Waals surface area contributed by atoms with Crippen molar-refractivity contribution >= 4 is 17.4 Å². The first-order valence-corrected chi connectivity index (χ1v) is 7.52. The molecule has 2 N–H and O–H groups in total. The summed E-state index contributed by atoms with van der Waals surface area (Å²) >= 11 is 1.91. The maximum absolute atomic E-state index is 5.83. The lowest BCUT2D eigenvalue weighted by Gasteiger charge is -2.31. The van der Waals surface area contributed by atoms with Crippen LogP contribution >= 0.6 is 11.8 Å². The van der Waals surface area contributed by atoms with Crippen LogP contribution in [0, 0.1) is 0 Å². The molecule has 2 atom stereocenters. The lowest BCUT2D eigenvalue weighted by Crippen LogP contribution is -2.32. The maximum atomic E-state index is 5.83. The van der Waals surface area contributed by atoms with Crippen molar-refractivity contribution in [1.82, 2.24) is 4.90 Å². The van der Waals surface area contributed by atoms with Crippen LogP contribution in [-0.2, 0) is 0 Å². The average molecular weight is 252 g/mol. The van der Waals surface area contributed by atoms with Gasteiger partial charge in [-0.25, -0.2) is 0 Å². The van der Waals surface area contributed by atoms with E-state index in [9.17, 15) is 0 Å². The van der Waals surface area contributed by atoms with Gasteiger partial charge in [-0.15, -0.1) is 0 Å². The second-order valence-electron chi connectivity index (χ2n) is 4.64. The highest BCUT2D eigenvalue weighted by molar-refractivity contribution is 7.98. The topological polar surface area (TPSA) is 29.3 Å². The molecule has 2 nitrogen and oxygen atoms in total. The lowest BCUT2D eigenvalue weighted by atomic mass is 10.0. The van der Waals surface area contributed by atoms with E-state index in [0.717, 1.165) is 5.69 Å². The molecule has 3 heteroatoms. The number of nitrogens with zero attached hydrogens (tertiary/aromatic N) is 1. The van der Waals surface area contributed by atoms with E-state index in [1.54, 1.807) is 0 Å². The Hall–Kier alpha value is -0.670. The summed E-state index contributed by atoms with van der Waals surface area (Å²) in [4.78, 5) is 2.42. The largest absolute Gasteiger partial charge is 0.399 e. The molecule has 0 aromatic heterocycles.